The highest BCUT2D eigenvalue weighted by atomic mass is 32.2. The molecule has 1 amide bonds. The summed E-state index contributed by atoms with van der Waals surface area (Å²) in [6.07, 6.45) is -2.87. The molecule has 0 saturated carbocycles. The SMILES string of the molecule is C=CCn1c(COc2cccc(C(F)(F)F)c2)nnc1SCC(=O)Nc1ccc(F)cc1. The molecule has 0 bridgehead atoms. The number of rotatable bonds is 9. The number of carbonyl (C=O) groups is 1. The van der Waals surface area contributed by atoms with Gasteiger partial charge in [-0.05, 0) is 42.5 Å². The second-order valence-electron chi connectivity index (χ2n) is 6.46. The summed E-state index contributed by atoms with van der Waals surface area (Å²) in [5, 5.41) is 11.1. The summed E-state index contributed by atoms with van der Waals surface area (Å²) in [5.41, 5.74) is -0.356. The molecule has 32 heavy (non-hydrogen) atoms. The van der Waals surface area contributed by atoms with Gasteiger partial charge in [0, 0.05) is 12.2 Å². The molecule has 0 saturated heterocycles. The third-order valence-corrected chi connectivity index (χ3v) is 5.06. The largest absolute Gasteiger partial charge is 0.486 e. The first-order valence-corrected chi connectivity index (χ1v) is 10.3. The summed E-state index contributed by atoms with van der Waals surface area (Å²) >= 11 is 1.12. The molecule has 0 aliphatic carbocycles. The van der Waals surface area contributed by atoms with Crippen LogP contribution >= 0.6 is 11.8 Å². The van der Waals surface area contributed by atoms with E-state index in [1.165, 1.54) is 36.4 Å². The highest BCUT2D eigenvalue weighted by Crippen LogP contribution is 2.31. The van der Waals surface area contributed by atoms with Crippen LogP contribution < -0.4 is 10.1 Å². The lowest BCUT2D eigenvalue weighted by atomic mass is 10.2. The minimum Gasteiger partial charge on any atom is -0.486 e. The Hall–Kier alpha value is -3.34. The van der Waals surface area contributed by atoms with Crippen LogP contribution in [-0.2, 0) is 24.1 Å². The molecular weight excluding hydrogens is 448 g/mol. The molecule has 0 unspecified atom stereocenters. The Morgan fingerprint density at radius 2 is 1.94 bits per heavy atom. The second kappa shape index (κ2) is 10.3. The van der Waals surface area contributed by atoms with Gasteiger partial charge in [0.25, 0.3) is 0 Å². The average molecular weight is 466 g/mol. The molecule has 168 valence electrons. The molecule has 1 N–H and O–H groups in total. The van der Waals surface area contributed by atoms with E-state index in [9.17, 15) is 22.4 Å². The Kier molecular flexibility index (Phi) is 7.52. The van der Waals surface area contributed by atoms with Gasteiger partial charge in [0.1, 0.15) is 18.2 Å². The molecular formula is C21H18F4N4O2S. The Labute approximate surface area is 185 Å². The summed E-state index contributed by atoms with van der Waals surface area (Å²) in [6.45, 7) is 3.87. The van der Waals surface area contributed by atoms with Gasteiger partial charge >= 0.3 is 6.18 Å². The number of anilines is 1. The number of carbonyl (C=O) groups excluding carboxylic acids is 1. The second-order valence-corrected chi connectivity index (χ2v) is 7.40. The predicted octanol–water partition coefficient (Wildman–Crippen LogP) is 4.93. The normalized spacial score (nSPS) is 11.2. The Morgan fingerprint density at radius 1 is 1.19 bits per heavy atom. The number of hydrogen-bond acceptors (Lipinski definition) is 5. The lowest BCUT2D eigenvalue weighted by Crippen LogP contribution is -2.15. The number of halogens is 4. The fraction of sp³-hybridized carbons (Fsp3) is 0.190. The van der Waals surface area contributed by atoms with Crippen LogP contribution in [0, 0.1) is 5.82 Å². The van der Waals surface area contributed by atoms with Crippen LogP contribution in [0.1, 0.15) is 11.4 Å². The number of amides is 1. The van der Waals surface area contributed by atoms with E-state index < -0.39 is 17.6 Å². The molecule has 2 aromatic carbocycles. The van der Waals surface area contributed by atoms with Crippen LogP contribution in [0.3, 0.4) is 0 Å². The van der Waals surface area contributed by atoms with Crippen molar-refractivity contribution in [2.75, 3.05) is 11.1 Å². The van der Waals surface area contributed by atoms with E-state index in [2.05, 4.69) is 22.1 Å². The van der Waals surface area contributed by atoms with Gasteiger partial charge in [0.15, 0.2) is 11.0 Å². The predicted molar refractivity (Wildman–Crippen MR) is 112 cm³/mol. The number of ether oxygens (including phenoxy) is 1. The van der Waals surface area contributed by atoms with Crippen molar-refractivity contribution in [1.82, 2.24) is 14.8 Å². The maximum Gasteiger partial charge on any atom is 0.416 e. The number of aromatic nitrogens is 3. The van der Waals surface area contributed by atoms with E-state index in [1.807, 2.05) is 0 Å². The van der Waals surface area contributed by atoms with Crippen molar-refractivity contribution < 1.29 is 27.1 Å². The van der Waals surface area contributed by atoms with Crippen molar-refractivity contribution in [3.8, 4) is 5.75 Å². The van der Waals surface area contributed by atoms with Crippen LogP contribution in [0.15, 0.2) is 66.3 Å². The van der Waals surface area contributed by atoms with Crippen molar-refractivity contribution in [2.24, 2.45) is 0 Å². The molecule has 0 atom stereocenters. The van der Waals surface area contributed by atoms with Gasteiger partial charge < -0.3 is 10.1 Å². The van der Waals surface area contributed by atoms with E-state index in [0.717, 1.165) is 23.9 Å². The standard InChI is InChI=1S/C21H18F4N4O2S/c1-2-10-29-18(12-31-17-5-3-4-14(11-17)21(23,24)25)27-28-20(29)32-13-19(30)26-16-8-6-15(22)7-9-16/h2-9,11H,1,10,12-13H2,(H,26,30). The van der Waals surface area contributed by atoms with E-state index in [-0.39, 0.29) is 24.0 Å². The van der Waals surface area contributed by atoms with Crippen molar-refractivity contribution >= 4 is 23.4 Å². The zero-order valence-electron chi connectivity index (χ0n) is 16.6. The van der Waals surface area contributed by atoms with E-state index in [4.69, 9.17) is 4.74 Å². The zero-order chi connectivity index (χ0) is 23.1. The average Bonchev–Trinajstić information content (AvgIpc) is 3.14. The highest BCUT2D eigenvalue weighted by molar-refractivity contribution is 7.99. The van der Waals surface area contributed by atoms with Gasteiger partial charge in [-0.1, -0.05) is 23.9 Å². The minimum absolute atomic E-state index is 0.0150. The molecule has 0 radical (unpaired) electrons. The first-order chi connectivity index (χ1) is 15.3. The summed E-state index contributed by atoms with van der Waals surface area (Å²) < 4.78 is 58.6. The number of allylic oxidation sites excluding steroid dienone is 1. The number of alkyl halides is 3. The third-order valence-electron chi connectivity index (χ3n) is 4.09. The number of benzene rings is 2. The minimum atomic E-state index is -4.47. The fourth-order valence-electron chi connectivity index (χ4n) is 2.62. The van der Waals surface area contributed by atoms with E-state index in [1.54, 1.807) is 10.6 Å². The summed E-state index contributed by atoms with van der Waals surface area (Å²) in [6, 6.07) is 9.90. The zero-order valence-corrected chi connectivity index (χ0v) is 17.4. The molecule has 1 aromatic heterocycles. The van der Waals surface area contributed by atoms with Crippen molar-refractivity contribution in [2.45, 2.75) is 24.5 Å². The Balaban J connectivity index is 1.63. The number of thioether (sulfide) groups is 1. The van der Waals surface area contributed by atoms with Crippen LogP contribution in [0.2, 0.25) is 0 Å². The van der Waals surface area contributed by atoms with E-state index >= 15 is 0 Å². The van der Waals surface area contributed by atoms with Crippen LogP contribution in [0.25, 0.3) is 0 Å². The molecule has 3 aromatic rings. The van der Waals surface area contributed by atoms with Gasteiger partial charge in [-0.15, -0.1) is 16.8 Å². The van der Waals surface area contributed by atoms with Crippen molar-refractivity contribution in [3.63, 3.8) is 0 Å². The van der Waals surface area contributed by atoms with Crippen LogP contribution in [-0.4, -0.2) is 26.4 Å². The smallest absolute Gasteiger partial charge is 0.416 e. The highest BCUT2D eigenvalue weighted by Gasteiger charge is 2.30. The van der Waals surface area contributed by atoms with Gasteiger partial charge in [0.2, 0.25) is 5.91 Å². The van der Waals surface area contributed by atoms with E-state index in [0.29, 0.717) is 23.2 Å². The summed E-state index contributed by atoms with van der Waals surface area (Å²) in [4.78, 5) is 12.2. The molecule has 1 heterocycles. The maximum absolute atomic E-state index is 13.0. The fourth-order valence-corrected chi connectivity index (χ4v) is 3.38. The molecule has 0 aliphatic heterocycles. The monoisotopic (exact) mass is 466 g/mol. The van der Waals surface area contributed by atoms with Crippen LogP contribution in [0.5, 0.6) is 5.75 Å². The van der Waals surface area contributed by atoms with Crippen LogP contribution in [0.4, 0.5) is 23.2 Å². The van der Waals surface area contributed by atoms with Gasteiger partial charge in [-0.3, -0.25) is 9.36 Å². The first kappa shape index (κ1) is 23.3. The Bertz CT molecular complexity index is 1080. The number of nitrogens with one attached hydrogen (secondary N) is 1. The molecule has 0 spiro atoms. The Morgan fingerprint density at radius 3 is 2.62 bits per heavy atom. The number of hydrogen-bond donors (Lipinski definition) is 1. The third kappa shape index (κ3) is 6.33. The van der Waals surface area contributed by atoms with Crippen molar-refractivity contribution in [3.05, 3.63) is 78.4 Å². The number of nitrogens with zero attached hydrogens (tertiary/aromatic N) is 3. The topological polar surface area (TPSA) is 69.0 Å². The molecule has 0 fully saturated rings. The quantitative estimate of drug-likeness (QED) is 0.275. The summed E-state index contributed by atoms with van der Waals surface area (Å²) in [7, 11) is 0. The lowest BCUT2D eigenvalue weighted by molar-refractivity contribution is -0.137. The van der Waals surface area contributed by atoms with Gasteiger partial charge in [0.05, 0.1) is 11.3 Å². The molecule has 11 heteroatoms. The summed E-state index contributed by atoms with van der Waals surface area (Å²) in [5.74, 6) is -0.308. The first-order valence-electron chi connectivity index (χ1n) is 9.27. The molecule has 0 aliphatic rings. The maximum atomic E-state index is 13.0. The van der Waals surface area contributed by atoms with Gasteiger partial charge in [-0.2, -0.15) is 13.2 Å². The van der Waals surface area contributed by atoms with Gasteiger partial charge in [-0.25, -0.2) is 4.39 Å². The lowest BCUT2D eigenvalue weighted by Gasteiger charge is -2.11. The van der Waals surface area contributed by atoms with Crippen molar-refractivity contribution in [1.29, 1.82) is 0 Å². The molecule has 3 rings (SSSR count). The molecule has 6 nitrogen and oxygen atoms in total.